The Morgan fingerprint density at radius 1 is 1.41 bits per heavy atom. The molecule has 3 nitrogen and oxygen atoms in total. The smallest absolute Gasteiger partial charge is 0.258 e. The summed E-state index contributed by atoms with van der Waals surface area (Å²) < 4.78 is 1.66. The molecular weight excluding hydrogens is 368 g/mol. The van der Waals surface area contributed by atoms with E-state index in [9.17, 15) is 4.79 Å². The highest BCUT2D eigenvalue weighted by Crippen LogP contribution is 2.25. The summed E-state index contributed by atoms with van der Waals surface area (Å²) in [5, 5.41) is 3.33. The molecule has 2 rings (SSSR count). The third-order valence-corrected chi connectivity index (χ3v) is 4.15. The van der Waals surface area contributed by atoms with Crippen LogP contribution in [0.4, 0.5) is 5.13 Å². The van der Waals surface area contributed by atoms with Gasteiger partial charge in [0.15, 0.2) is 5.13 Å². The molecule has 0 unspecified atom stereocenters. The Morgan fingerprint density at radius 2 is 2.18 bits per heavy atom. The summed E-state index contributed by atoms with van der Waals surface area (Å²) >= 11 is 8.04. The quantitative estimate of drug-likeness (QED) is 0.853. The van der Waals surface area contributed by atoms with Crippen LogP contribution in [0.25, 0.3) is 0 Å². The van der Waals surface area contributed by atoms with E-state index in [4.69, 9.17) is 0 Å². The van der Waals surface area contributed by atoms with Crippen LogP contribution in [0, 0.1) is 6.92 Å². The van der Waals surface area contributed by atoms with E-state index in [1.165, 1.54) is 11.3 Å². The van der Waals surface area contributed by atoms with Crippen LogP contribution in [0.1, 0.15) is 15.9 Å². The Morgan fingerprint density at radius 3 is 2.82 bits per heavy atom. The predicted octanol–water partition coefficient (Wildman–Crippen LogP) is 4.23. The molecule has 0 atom stereocenters. The van der Waals surface area contributed by atoms with E-state index >= 15 is 0 Å². The highest BCUT2D eigenvalue weighted by atomic mass is 79.9. The lowest BCUT2D eigenvalue weighted by Crippen LogP contribution is -2.12. The molecule has 88 valence electrons. The third-order valence-electron chi connectivity index (χ3n) is 2.06. The number of nitrogens with one attached hydrogen (secondary N) is 1. The second kappa shape index (κ2) is 5.29. The summed E-state index contributed by atoms with van der Waals surface area (Å²) in [5.41, 5.74) is 1.65. The number of benzene rings is 1. The Hall–Kier alpha value is -0.720. The first kappa shape index (κ1) is 12.7. The van der Waals surface area contributed by atoms with Crippen LogP contribution in [-0.4, -0.2) is 10.9 Å². The van der Waals surface area contributed by atoms with E-state index in [1.807, 2.05) is 25.1 Å². The molecule has 0 bridgehead atoms. The van der Waals surface area contributed by atoms with Crippen LogP contribution in [0.15, 0.2) is 32.7 Å². The molecule has 1 amide bonds. The van der Waals surface area contributed by atoms with Gasteiger partial charge in [0.05, 0.1) is 15.5 Å². The molecule has 1 aromatic carbocycles. The standard InChI is InChI=1S/C11H8Br2N2OS/c1-6-2-3-8(12)7(4-6)10(16)15-11-14-5-9(13)17-11/h2-5H,1H3,(H,14,15,16). The molecule has 0 aliphatic heterocycles. The molecule has 1 heterocycles. The molecule has 6 heteroatoms. The number of hydrogen-bond donors (Lipinski definition) is 1. The topological polar surface area (TPSA) is 42.0 Å². The van der Waals surface area contributed by atoms with Gasteiger partial charge in [-0.25, -0.2) is 4.98 Å². The number of nitrogens with zero attached hydrogens (tertiary/aromatic N) is 1. The number of carbonyl (C=O) groups excluding carboxylic acids is 1. The van der Waals surface area contributed by atoms with Crippen molar-refractivity contribution < 1.29 is 4.79 Å². The van der Waals surface area contributed by atoms with Crippen LogP contribution < -0.4 is 5.32 Å². The number of thiazole rings is 1. The molecule has 1 aromatic heterocycles. The number of halogens is 2. The predicted molar refractivity (Wildman–Crippen MR) is 76.6 cm³/mol. The molecule has 0 radical (unpaired) electrons. The second-order valence-corrected chi connectivity index (χ2v) is 6.67. The van der Waals surface area contributed by atoms with Gasteiger partial charge in [0, 0.05) is 4.47 Å². The number of carbonyl (C=O) groups is 1. The van der Waals surface area contributed by atoms with E-state index < -0.39 is 0 Å². The molecule has 17 heavy (non-hydrogen) atoms. The van der Waals surface area contributed by atoms with Gasteiger partial charge in [0.25, 0.3) is 5.91 Å². The normalized spacial score (nSPS) is 10.3. The number of aryl methyl sites for hydroxylation is 1. The molecular formula is C11H8Br2N2OS. The lowest BCUT2D eigenvalue weighted by atomic mass is 10.1. The van der Waals surface area contributed by atoms with Gasteiger partial charge in [-0.05, 0) is 50.9 Å². The van der Waals surface area contributed by atoms with E-state index in [0.29, 0.717) is 10.7 Å². The average molecular weight is 376 g/mol. The Kier molecular flexibility index (Phi) is 3.96. The maximum atomic E-state index is 12.0. The number of anilines is 1. The number of amides is 1. The van der Waals surface area contributed by atoms with Gasteiger partial charge < -0.3 is 0 Å². The fourth-order valence-corrected chi connectivity index (χ4v) is 2.82. The number of hydrogen-bond acceptors (Lipinski definition) is 3. The van der Waals surface area contributed by atoms with Crippen LogP contribution >= 0.6 is 43.2 Å². The molecule has 0 aliphatic rings. The molecule has 0 aliphatic carbocycles. The average Bonchev–Trinajstić information content (AvgIpc) is 2.67. The van der Waals surface area contributed by atoms with Crippen LogP contribution in [0.2, 0.25) is 0 Å². The van der Waals surface area contributed by atoms with Crippen LogP contribution in [0.5, 0.6) is 0 Å². The molecule has 0 saturated heterocycles. The lowest BCUT2D eigenvalue weighted by Gasteiger charge is -2.05. The van der Waals surface area contributed by atoms with Crippen molar-refractivity contribution in [3.63, 3.8) is 0 Å². The van der Waals surface area contributed by atoms with E-state index in [2.05, 4.69) is 42.2 Å². The highest BCUT2D eigenvalue weighted by Gasteiger charge is 2.12. The maximum Gasteiger partial charge on any atom is 0.258 e. The van der Waals surface area contributed by atoms with E-state index in [1.54, 1.807) is 6.20 Å². The van der Waals surface area contributed by atoms with Crippen molar-refractivity contribution >= 4 is 54.2 Å². The van der Waals surface area contributed by atoms with E-state index in [0.717, 1.165) is 13.8 Å². The largest absolute Gasteiger partial charge is 0.298 e. The van der Waals surface area contributed by atoms with Crippen molar-refractivity contribution in [2.45, 2.75) is 6.92 Å². The molecule has 0 spiro atoms. The minimum absolute atomic E-state index is 0.164. The molecule has 0 saturated carbocycles. The van der Waals surface area contributed by atoms with Crippen molar-refractivity contribution in [3.05, 3.63) is 43.8 Å². The van der Waals surface area contributed by atoms with Gasteiger partial charge in [0.1, 0.15) is 0 Å². The molecule has 0 fully saturated rings. The van der Waals surface area contributed by atoms with Crippen molar-refractivity contribution in [2.24, 2.45) is 0 Å². The Bertz CT molecular complexity index is 568. The van der Waals surface area contributed by atoms with Crippen molar-refractivity contribution in [3.8, 4) is 0 Å². The summed E-state index contributed by atoms with van der Waals surface area (Å²) in [5.74, 6) is -0.164. The van der Waals surface area contributed by atoms with Gasteiger partial charge in [-0.1, -0.05) is 23.0 Å². The van der Waals surface area contributed by atoms with E-state index in [-0.39, 0.29) is 5.91 Å². The lowest BCUT2D eigenvalue weighted by molar-refractivity contribution is 0.102. The van der Waals surface area contributed by atoms with Gasteiger partial charge in [-0.15, -0.1) is 0 Å². The molecule has 1 N–H and O–H groups in total. The fourth-order valence-electron chi connectivity index (χ4n) is 1.29. The summed E-state index contributed by atoms with van der Waals surface area (Å²) in [6.07, 6.45) is 1.66. The SMILES string of the molecule is Cc1ccc(Br)c(C(=O)Nc2ncc(Br)s2)c1. The van der Waals surface area contributed by atoms with Crippen LogP contribution in [-0.2, 0) is 0 Å². The zero-order valence-electron chi connectivity index (χ0n) is 8.83. The Balaban J connectivity index is 2.22. The minimum Gasteiger partial charge on any atom is -0.298 e. The minimum atomic E-state index is -0.164. The maximum absolute atomic E-state index is 12.0. The van der Waals surface area contributed by atoms with Crippen molar-refractivity contribution in [2.75, 3.05) is 5.32 Å². The first-order valence-corrected chi connectivity index (χ1v) is 7.15. The second-order valence-electron chi connectivity index (χ2n) is 3.41. The summed E-state index contributed by atoms with van der Waals surface area (Å²) in [6, 6.07) is 5.64. The summed E-state index contributed by atoms with van der Waals surface area (Å²) in [4.78, 5) is 16.1. The number of rotatable bonds is 2. The summed E-state index contributed by atoms with van der Waals surface area (Å²) in [7, 11) is 0. The first-order chi connectivity index (χ1) is 8.06. The number of aromatic nitrogens is 1. The fraction of sp³-hybridized carbons (Fsp3) is 0.0909. The first-order valence-electron chi connectivity index (χ1n) is 4.75. The van der Waals surface area contributed by atoms with Gasteiger partial charge in [0.2, 0.25) is 0 Å². The van der Waals surface area contributed by atoms with Gasteiger partial charge in [-0.3, -0.25) is 10.1 Å². The van der Waals surface area contributed by atoms with Crippen molar-refractivity contribution in [1.82, 2.24) is 4.98 Å². The summed E-state index contributed by atoms with van der Waals surface area (Å²) in [6.45, 7) is 1.95. The van der Waals surface area contributed by atoms with Crippen molar-refractivity contribution in [1.29, 1.82) is 0 Å². The Labute approximate surface area is 120 Å². The monoisotopic (exact) mass is 374 g/mol. The zero-order chi connectivity index (χ0) is 12.4. The van der Waals surface area contributed by atoms with Gasteiger partial charge >= 0.3 is 0 Å². The molecule has 2 aromatic rings. The zero-order valence-corrected chi connectivity index (χ0v) is 12.8. The van der Waals surface area contributed by atoms with Gasteiger partial charge in [-0.2, -0.15) is 0 Å². The third kappa shape index (κ3) is 3.14. The highest BCUT2D eigenvalue weighted by molar-refractivity contribution is 9.11. The van der Waals surface area contributed by atoms with Crippen LogP contribution in [0.3, 0.4) is 0 Å².